The maximum Gasteiger partial charge on any atom is 0.255 e. The Morgan fingerprint density at radius 1 is 1.53 bits per heavy atom. The van der Waals surface area contributed by atoms with Crippen LogP contribution in [0.25, 0.3) is 0 Å². The molecule has 1 aliphatic rings. The number of pyridine rings is 1. The van der Waals surface area contributed by atoms with Gasteiger partial charge in [0.15, 0.2) is 0 Å². The van der Waals surface area contributed by atoms with Crippen molar-refractivity contribution in [1.29, 1.82) is 0 Å². The second-order valence-corrected chi connectivity index (χ2v) is 4.28. The summed E-state index contributed by atoms with van der Waals surface area (Å²) in [6, 6.07) is 4.36. The molecule has 1 aromatic heterocycles. The van der Waals surface area contributed by atoms with Gasteiger partial charge in [0.1, 0.15) is 0 Å². The number of amides is 1. The predicted molar refractivity (Wildman–Crippen MR) is 58.6 cm³/mol. The number of hydrogen-bond acceptors (Lipinski definition) is 2. The monoisotopic (exact) mass is 204 g/mol. The molecule has 1 aliphatic carbocycles. The van der Waals surface area contributed by atoms with Crippen molar-refractivity contribution in [2.24, 2.45) is 0 Å². The van der Waals surface area contributed by atoms with Crippen LogP contribution in [0, 0.1) is 0 Å². The molecular formula is C12H16N2O. The van der Waals surface area contributed by atoms with Crippen LogP contribution >= 0.6 is 0 Å². The summed E-state index contributed by atoms with van der Waals surface area (Å²) in [7, 11) is 0. The smallest absolute Gasteiger partial charge is 0.255 e. The SMILES string of the molecule is CC(C)N(C(=O)c1cccnc1)C1CC1. The highest BCUT2D eigenvalue weighted by Gasteiger charge is 2.34. The molecule has 1 fully saturated rings. The normalized spacial score (nSPS) is 15.4. The van der Waals surface area contributed by atoms with Gasteiger partial charge in [-0.05, 0) is 38.8 Å². The molecule has 1 saturated carbocycles. The van der Waals surface area contributed by atoms with Crippen LogP contribution in [0.1, 0.15) is 37.0 Å². The van der Waals surface area contributed by atoms with E-state index in [1.54, 1.807) is 18.5 Å². The lowest BCUT2D eigenvalue weighted by Gasteiger charge is -2.26. The van der Waals surface area contributed by atoms with Gasteiger partial charge >= 0.3 is 0 Å². The van der Waals surface area contributed by atoms with E-state index in [0.717, 1.165) is 12.8 Å². The third-order valence-corrected chi connectivity index (χ3v) is 2.64. The fraction of sp³-hybridized carbons (Fsp3) is 0.500. The Morgan fingerprint density at radius 3 is 2.73 bits per heavy atom. The fourth-order valence-corrected chi connectivity index (χ4v) is 1.81. The van der Waals surface area contributed by atoms with Gasteiger partial charge in [0.25, 0.3) is 5.91 Å². The van der Waals surface area contributed by atoms with Gasteiger partial charge in [0.2, 0.25) is 0 Å². The Bertz CT molecular complexity index is 342. The van der Waals surface area contributed by atoms with Crippen molar-refractivity contribution in [3.8, 4) is 0 Å². The van der Waals surface area contributed by atoms with E-state index in [9.17, 15) is 4.79 Å². The summed E-state index contributed by atoms with van der Waals surface area (Å²) in [5.41, 5.74) is 0.693. The van der Waals surface area contributed by atoms with E-state index in [1.807, 2.05) is 11.0 Å². The highest BCUT2D eigenvalue weighted by molar-refractivity contribution is 5.94. The summed E-state index contributed by atoms with van der Waals surface area (Å²) in [6.07, 6.45) is 5.61. The van der Waals surface area contributed by atoms with E-state index in [2.05, 4.69) is 18.8 Å². The van der Waals surface area contributed by atoms with Crippen LogP contribution in [-0.4, -0.2) is 27.9 Å². The molecule has 0 N–H and O–H groups in total. The molecule has 0 bridgehead atoms. The van der Waals surface area contributed by atoms with Crippen LogP contribution in [-0.2, 0) is 0 Å². The second kappa shape index (κ2) is 4.01. The number of hydrogen-bond donors (Lipinski definition) is 0. The molecule has 1 aromatic rings. The van der Waals surface area contributed by atoms with Crippen molar-refractivity contribution in [1.82, 2.24) is 9.88 Å². The van der Waals surface area contributed by atoms with Gasteiger partial charge < -0.3 is 4.90 Å². The first-order valence-electron chi connectivity index (χ1n) is 5.43. The first kappa shape index (κ1) is 10.1. The quantitative estimate of drug-likeness (QED) is 0.755. The summed E-state index contributed by atoms with van der Waals surface area (Å²) in [5, 5.41) is 0. The first-order valence-corrected chi connectivity index (χ1v) is 5.43. The van der Waals surface area contributed by atoms with E-state index < -0.39 is 0 Å². The van der Waals surface area contributed by atoms with Gasteiger partial charge in [0, 0.05) is 24.5 Å². The number of carbonyl (C=O) groups excluding carboxylic acids is 1. The summed E-state index contributed by atoms with van der Waals surface area (Å²) >= 11 is 0. The van der Waals surface area contributed by atoms with E-state index in [0.29, 0.717) is 11.6 Å². The molecule has 0 saturated heterocycles. The zero-order valence-corrected chi connectivity index (χ0v) is 9.18. The highest BCUT2D eigenvalue weighted by atomic mass is 16.2. The Labute approximate surface area is 90.1 Å². The van der Waals surface area contributed by atoms with Crippen molar-refractivity contribution in [3.63, 3.8) is 0 Å². The van der Waals surface area contributed by atoms with E-state index in [4.69, 9.17) is 0 Å². The summed E-state index contributed by atoms with van der Waals surface area (Å²) in [4.78, 5) is 18.1. The Morgan fingerprint density at radius 2 is 2.27 bits per heavy atom. The van der Waals surface area contributed by atoms with Crippen molar-refractivity contribution >= 4 is 5.91 Å². The third-order valence-electron chi connectivity index (χ3n) is 2.64. The van der Waals surface area contributed by atoms with Gasteiger partial charge in [-0.3, -0.25) is 9.78 Å². The molecule has 0 radical (unpaired) electrons. The lowest BCUT2D eigenvalue weighted by atomic mass is 10.2. The number of carbonyl (C=O) groups is 1. The molecule has 0 aromatic carbocycles. The highest BCUT2D eigenvalue weighted by Crippen LogP contribution is 2.29. The van der Waals surface area contributed by atoms with E-state index >= 15 is 0 Å². The summed E-state index contributed by atoms with van der Waals surface area (Å²) in [5.74, 6) is 0.112. The van der Waals surface area contributed by atoms with Crippen LogP contribution < -0.4 is 0 Å². The van der Waals surface area contributed by atoms with Crippen molar-refractivity contribution < 1.29 is 4.79 Å². The number of aromatic nitrogens is 1. The van der Waals surface area contributed by atoms with Crippen LogP contribution in [0.2, 0.25) is 0 Å². The van der Waals surface area contributed by atoms with Crippen LogP contribution in [0.5, 0.6) is 0 Å². The molecule has 3 heteroatoms. The van der Waals surface area contributed by atoms with Crippen LogP contribution in [0.15, 0.2) is 24.5 Å². The molecule has 1 amide bonds. The molecule has 0 spiro atoms. The molecule has 80 valence electrons. The van der Waals surface area contributed by atoms with Crippen molar-refractivity contribution in [2.45, 2.75) is 38.8 Å². The molecule has 0 atom stereocenters. The topological polar surface area (TPSA) is 33.2 Å². The second-order valence-electron chi connectivity index (χ2n) is 4.28. The lowest BCUT2D eigenvalue weighted by molar-refractivity contribution is 0.0690. The standard InChI is InChI=1S/C12H16N2O/c1-9(2)14(11-5-6-11)12(15)10-4-3-7-13-8-10/h3-4,7-9,11H,5-6H2,1-2H3. The molecule has 2 rings (SSSR count). The molecule has 3 nitrogen and oxygen atoms in total. The van der Waals surface area contributed by atoms with E-state index in [-0.39, 0.29) is 11.9 Å². The number of rotatable bonds is 3. The zero-order valence-electron chi connectivity index (χ0n) is 9.18. The summed E-state index contributed by atoms with van der Waals surface area (Å²) < 4.78 is 0. The zero-order chi connectivity index (χ0) is 10.8. The first-order chi connectivity index (χ1) is 7.20. The Hall–Kier alpha value is -1.38. The Balaban J connectivity index is 2.18. The minimum Gasteiger partial charge on any atom is -0.333 e. The maximum absolute atomic E-state index is 12.2. The van der Waals surface area contributed by atoms with Gasteiger partial charge in [-0.1, -0.05) is 0 Å². The van der Waals surface area contributed by atoms with Gasteiger partial charge in [-0.2, -0.15) is 0 Å². The average molecular weight is 204 g/mol. The van der Waals surface area contributed by atoms with Crippen LogP contribution in [0.3, 0.4) is 0 Å². The average Bonchev–Trinajstić information content (AvgIpc) is 3.03. The van der Waals surface area contributed by atoms with Gasteiger partial charge in [-0.25, -0.2) is 0 Å². The predicted octanol–water partition coefficient (Wildman–Crippen LogP) is 2.09. The minimum atomic E-state index is 0.112. The molecule has 15 heavy (non-hydrogen) atoms. The van der Waals surface area contributed by atoms with Crippen LogP contribution in [0.4, 0.5) is 0 Å². The van der Waals surface area contributed by atoms with Gasteiger partial charge in [0.05, 0.1) is 5.56 Å². The van der Waals surface area contributed by atoms with E-state index in [1.165, 1.54) is 0 Å². The number of nitrogens with zero attached hydrogens (tertiary/aromatic N) is 2. The van der Waals surface area contributed by atoms with Crippen molar-refractivity contribution in [2.75, 3.05) is 0 Å². The molecular weight excluding hydrogens is 188 g/mol. The lowest BCUT2D eigenvalue weighted by Crippen LogP contribution is -2.38. The molecule has 1 heterocycles. The maximum atomic E-state index is 12.2. The third kappa shape index (κ3) is 2.17. The fourth-order valence-electron chi connectivity index (χ4n) is 1.81. The molecule has 0 unspecified atom stereocenters. The largest absolute Gasteiger partial charge is 0.333 e. The molecule has 0 aliphatic heterocycles. The minimum absolute atomic E-state index is 0.112. The summed E-state index contributed by atoms with van der Waals surface area (Å²) in [6.45, 7) is 4.12. The van der Waals surface area contributed by atoms with Gasteiger partial charge in [-0.15, -0.1) is 0 Å². The Kier molecular flexibility index (Phi) is 2.71. The van der Waals surface area contributed by atoms with Crippen molar-refractivity contribution in [3.05, 3.63) is 30.1 Å².